The number of hydrogen-bond acceptors (Lipinski definition) is 2. The maximum Gasteiger partial charge on any atom is 0.130 e. The highest BCUT2D eigenvalue weighted by molar-refractivity contribution is 5.19. The summed E-state index contributed by atoms with van der Waals surface area (Å²) in [5.74, 6) is -1.06. The molecule has 0 atom stereocenters. The first-order valence-corrected chi connectivity index (χ1v) is 6.26. The smallest absolute Gasteiger partial charge is 0.130 e. The molecule has 0 aliphatic heterocycles. The number of nitriles is 1. The van der Waals surface area contributed by atoms with Gasteiger partial charge in [-0.15, -0.1) is 0 Å². The maximum absolute atomic E-state index is 13.6. The van der Waals surface area contributed by atoms with Gasteiger partial charge in [0.25, 0.3) is 0 Å². The summed E-state index contributed by atoms with van der Waals surface area (Å²) in [5.41, 5.74) is 0.0691. The lowest BCUT2D eigenvalue weighted by atomic mass is 10.1. The molecule has 2 nitrogen and oxygen atoms in total. The van der Waals surface area contributed by atoms with Crippen molar-refractivity contribution in [3.05, 3.63) is 35.4 Å². The Morgan fingerprint density at radius 2 is 1.83 bits per heavy atom. The van der Waals surface area contributed by atoms with E-state index in [1.165, 1.54) is 18.2 Å². The third-order valence-electron chi connectivity index (χ3n) is 3.54. The molecule has 0 bridgehead atoms. The van der Waals surface area contributed by atoms with Crippen LogP contribution < -0.4 is 0 Å². The van der Waals surface area contributed by atoms with Crippen molar-refractivity contribution in [3.8, 4) is 6.07 Å². The molecule has 0 saturated heterocycles. The minimum absolute atomic E-state index is 0.0691. The van der Waals surface area contributed by atoms with Crippen molar-refractivity contribution in [2.45, 2.75) is 38.3 Å². The zero-order chi connectivity index (χ0) is 13.0. The first kappa shape index (κ1) is 13.0. The SMILES string of the molecule is N#CCN(Cc1c(F)cccc1F)C1CCCC1. The van der Waals surface area contributed by atoms with E-state index >= 15 is 0 Å². The minimum Gasteiger partial charge on any atom is -0.283 e. The predicted octanol–water partition coefficient (Wildman–Crippen LogP) is 3.23. The molecule has 2 rings (SSSR count). The first-order valence-electron chi connectivity index (χ1n) is 6.26. The van der Waals surface area contributed by atoms with Crippen molar-refractivity contribution < 1.29 is 8.78 Å². The van der Waals surface area contributed by atoms with Gasteiger partial charge in [0.05, 0.1) is 12.6 Å². The average molecular weight is 250 g/mol. The molecular weight excluding hydrogens is 234 g/mol. The van der Waals surface area contributed by atoms with Crippen LogP contribution in [0, 0.1) is 23.0 Å². The van der Waals surface area contributed by atoms with Gasteiger partial charge in [-0.25, -0.2) is 8.78 Å². The van der Waals surface area contributed by atoms with Gasteiger partial charge in [0.2, 0.25) is 0 Å². The molecule has 0 N–H and O–H groups in total. The summed E-state index contributed by atoms with van der Waals surface area (Å²) in [5, 5.41) is 8.83. The summed E-state index contributed by atoms with van der Waals surface area (Å²) < 4.78 is 27.2. The third kappa shape index (κ3) is 2.85. The highest BCUT2D eigenvalue weighted by Gasteiger charge is 2.24. The van der Waals surface area contributed by atoms with Crippen LogP contribution in [0.2, 0.25) is 0 Å². The van der Waals surface area contributed by atoms with E-state index in [0.29, 0.717) is 0 Å². The maximum atomic E-state index is 13.6. The lowest BCUT2D eigenvalue weighted by Crippen LogP contribution is -2.33. The molecular formula is C14H16F2N2. The predicted molar refractivity (Wildman–Crippen MR) is 64.6 cm³/mol. The van der Waals surface area contributed by atoms with Gasteiger partial charge in [-0.05, 0) is 25.0 Å². The van der Waals surface area contributed by atoms with Crippen LogP contribution in [0.1, 0.15) is 31.2 Å². The molecule has 96 valence electrons. The lowest BCUT2D eigenvalue weighted by Gasteiger charge is -2.26. The van der Waals surface area contributed by atoms with Gasteiger partial charge >= 0.3 is 0 Å². The molecule has 0 heterocycles. The minimum atomic E-state index is -0.532. The Morgan fingerprint density at radius 1 is 1.22 bits per heavy atom. The Balaban J connectivity index is 2.15. The van der Waals surface area contributed by atoms with E-state index in [9.17, 15) is 8.78 Å². The molecule has 1 aromatic rings. The monoisotopic (exact) mass is 250 g/mol. The van der Waals surface area contributed by atoms with E-state index < -0.39 is 11.6 Å². The number of hydrogen-bond donors (Lipinski definition) is 0. The van der Waals surface area contributed by atoms with Crippen molar-refractivity contribution in [2.24, 2.45) is 0 Å². The van der Waals surface area contributed by atoms with E-state index in [4.69, 9.17) is 5.26 Å². The highest BCUT2D eigenvalue weighted by atomic mass is 19.1. The summed E-state index contributed by atoms with van der Waals surface area (Å²) in [6.45, 7) is 0.398. The average Bonchev–Trinajstić information content (AvgIpc) is 2.86. The summed E-state index contributed by atoms with van der Waals surface area (Å²) in [6.07, 6.45) is 4.29. The molecule has 0 unspecified atom stereocenters. The number of benzene rings is 1. The second-order valence-electron chi connectivity index (χ2n) is 4.70. The highest BCUT2D eigenvalue weighted by Crippen LogP contribution is 2.25. The second-order valence-corrected chi connectivity index (χ2v) is 4.70. The molecule has 1 aliphatic carbocycles. The van der Waals surface area contributed by atoms with Crippen LogP contribution in [-0.4, -0.2) is 17.5 Å². The second kappa shape index (κ2) is 5.92. The van der Waals surface area contributed by atoms with Crippen molar-refractivity contribution in [1.29, 1.82) is 5.26 Å². The van der Waals surface area contributed by atoms with Crippen LogP contribution in [0.5, 0.6) is 0 Å². The van der Waals surface area contributed by atoms with E-state index in [1.54, 1.807) is 0 Å². The number of halogens is 2. The molecule has 1 fully saturated rings. The molecule has 0 radical (unpaired) electrons. The van der Waals surface area contributed by atoms with Gasteiger partial charge in [-0.3, -0.25) is 4.90 Å². The van der Waals surface area contributed by atoms with Gasteiger partial charge < -0.3 is 0 Å². The Hall–Kier alpha value is -1.47. The number of nitrogens with zero attached hydrogens (tertiary/aromatic N) is 2. The molecule has 1 aliphatic rings. The summed E-state index contributed by atoms with van der Waals surface area (Å²) in [4.78, 5) is 1.88. The van der Waals surface area contributed by atoms with Crippen molar-refractivity contribution >= 4 is 0 Å². The van der Waals surface area contributed by atoms with Gasteiger partial charge in [0.15, 0.2) is 0 Å². The van der Waals surface area contributed by atoms with Crippen molar-refractivity contribution in [1.82, 2.24) is 4.90 Å². The molecule has 0 spiro atoms. The fraction of sp³-hybridized carbons (Fsp3) is 0.500. The van der Waals surface area contributed by atoms with Crippen molar-refractivity contribution in [2.75, 3.05) is 6.54 Å². The fourth-order valence-electron chi connectivity index (χ4n) is 2.56. The van der Waals surface area contributed by atoms with Crippen LogP contribution in [0.25, 0.3) is 0 Å². The summed E-state index contributed by atoms with van der Waals surface area (Å²) in [6, 6.07) is 6.25. The van der Waals surface area contributed by atoms with E-state index in [-0.39, 0.29) is 24.7 Å². The first-order chi connectivity index (χ1) is 8.72. The fourth-order valence-corrected chi connectivity index (χ4v) is 2.56. The standard InChI is InChI=1S/C14H16F2N2/c15-13-6-3-7-14(16)12(13)10-18(9-8-17)11-4-1-2-5-11/h3,6-7,11H,1-2,4-5,9-10H2. The van der Waals surface area contributed by atoms with E-state index in [1.807, 2.05) is 4.90 Å². The molecule has 4 heteroatoms. The topological polar surface area (TPSA) is 27.0 Å². The van der Waals surface area contributed by atoms with Crippen LogP contribution in [0.4, 0.5) is 8.78 Å². The normalized spacial score (nSPS) is 16.1. The van der Waals surface area contributed by atoms with Crippen LogP contribution in [-0.2, 0) is 6.54 Å². The molecule has 18 heavy (non-hydrogen) atoms. The summed E-state index contributed by atoms with van der Waals surface area (Å²) in [7, 11) is 0. The molecule has 1 saturated carbocycles. The Bertz CT molecular complexity index is 427. The van der Waals surface area contributed by atoms with Gasteiger partial charge in [0.1, 0.15) is 11.6 Å². The van der Waals surface area contributed by atoms with Gasteiger partial charge in [0, 0.05) is 18.2 Å². The third-order valence-corrected chi connectivity index (χ3v) is 3.54. The number of rotatable bonds is 4. The lowest BCUT2D eigenvalue weighted by molar-refractivity contribution is 0.208. The Kier molecular flexibility index (Phi) is 4.27. The van der Waals surface area contributed by atoms with Gasteiger partial charge in [-0.2, -0.15) is 5.26 Å². The van der Waals surface area contributed by atoms with Crippen LogP contribution >= 0.6 is 0 Å². The quantitative estimate of drug-likeness (QED) is 0.767. The van der Waals surface area contributed by atoms with E-state index in [0.717, 1.165) is 25.7 Å². The zero-order valence-corrected chi connectivity index (χ0v) is 10.2. The Morgan fingerprint density at radius 3 is 2.39 bits per heavy atom. The largest absolute Gasteiger partial charge is 0.283 e. The van der Waals surface area contributed by atoms with Crippen LogP contribution in [0.3, 0.4) is 0 Å². The van der Waals surface area contributed by atoms with Gasteiger partial charge in [-0.1, -0.05) is 18.9 Å². The van der Waals surface area contributed by atoms with Crippen molar-refractivity contribution in [3.63, 3.8) is 0 Å². The molecule has 0 aromatic heterocycles. The van der Waals surface area contributed by atoms with Crippen LogP contribution in [0.15, 0.2) is 18.2 Å². The van der Waals surface area contributed by atoms with E-state index in [2.05, 4.69) is 6.07 Å². The molecule has 1 aromatic carbocycles. The Labute approximate surface area is 106 Å². The zero-order valence-electron chi connectivity index (χ0n) is 10.2. The molecule has 0 amide bonds. The summed E-state index contributed by atoms with van der Waals surface area (Å²) >= 11 is 0.